The Hall–Kier alpha value is -1.91. The maximum absolute atomic E-state index is 11.9. The highest BCUT2D eigenvalue weighted by Gasteiger charge is 2.32. The molecule has 1 fully saturated rings. The van der Waals surface area contributed by atoms with Crippen molar-refractivity contribution in [2.75, 3.05) is 18.1 Å². The van der Waals surface area contributed by atoms with E-state index < -0.39 is 0 Å². The second-order valence-electron chi connectivity index (χ2n) is 4.84. The van der Waals surface area contributed by atoms with Gasteiger partial charge in [0, 0.05) is 16.8 Å². The quantitative estimate of drug-likeness (QED) is 0.830. The first kappa shape index (κ1) is 15.0. The topological polar surface area (TPSA) is 38.8 Å². The zero-order valence-corrected chi connectivity index (χ0v) is 13.1. The molecule has 0 radical (unpaired) electrons. The molecule has 1 saturated heterocycles. The number of halogens is 2. The molecule has 0 aromatic heterocycles. The largest absolute Gasteiger partial charge is 0.488 e. The van der Waals surface area contributed by atoms with Gasteiger partial charge in [-0.3, -0.25) is 4.90 Å². The van der Waals surface area contributed by atoms with Crippen LogP contribution in [-0.2, 0) is 4.74 Å². The fraction of sp³-hybridized carbons (Fsp3) is 0.188. The number of para-hydroxylation sites is 1. The molecule has 0 spiro atoms. The number of hydrogen-bond donors (Lipinski definition) is 0. The first-order valence-corrected chi connectivity index (χ1v) is 7.50. The van der Waals surface area contributed by atoms with Gasteiger partial charge in [-0.25, -0.2) is 4.79 Å². The summed E-state index contributed by atoms with van der Waals surface area (Å²) in [6.45, 7) is 0.649. The first-order chi connectivity index (χ1) is 10.6. The Morgan fingerprint density at radius 1 is 1.18 bits per heavy atom. The van der Waals surface area contributed by atoms with Crippen LogP contribution in [0.25, 0.3) is 0 Å². The van der Waals surface area contributed by atoms with E-state index in [1.54, 1.807) is 23.1 Å². The number of rotatable bonds is 4. The van der Waals surface area contributed by atoms with E-state index >= 15 is 0 Å². The fourth-order valence-electron chi connectivity index (χ4n) is 2.20. The van der Waals surface area contributed by atoms with Gasteiger partial charge in [-0.2, -0.15) is 0 Å². The Kier molecular flexibility index (Phi) is 4.41. The van der Waals surface area contributed by atoms with E-state index in [2.05, 4.69) is 0 Å². The number of anilines is 1. The number of cyclic esters (lactones) is 1. The summed E-state index contributed by atoms with van der Waals surface area (Å²) in [6.07, 6.45) is -0.736. The van der Waals surface area contributed by atoms with Gasteiger partial charge in [0.2, 0.25) is 0 Å². The average Bonchev–Trinajstić information content (AvgIpc) is 2.90. The summed E-state index contributed by atoms with van der Waals surface area (Å²) in [5, 5.41) is 1.00. The van der Waals surface area contributed by atoms with Crippen LogP contribution in [0.4, 0.5) is 10.5 Å². The monoisotopic (exact) mass is 337 g/mol. The van der Waals surface area contributed by atoms with E-state index in [0.717, 1.165) is 5.69 Å². The van der Waals surface area contributed by atoms with Gasteiger partial charge in [0.05, 0.1) is 11.6 Å². The number of carbonyl (C=O) groups is 1. The van der Waals surface area contributed by atoms with Crippen LogP contribution in [0.15, 0.2) is 48.5 Å². The summed E-state index contributed by atoms with van der Waals surface area (Å²) < 4.78 is 10.9. The highest BCUT2D eigenvalue weighted by molar-refractivity contribution is 6.34. The smallest absolute Gasteiger partial charge is 0.414 e. The van der Waals surface area contributed by atoms with Crippen LogP contribution < -0.4 is 9.64 Å². The third-order valence-corrected chi connectivity index (χ3v) is 3.81. The number of amides is 1. The third-order valence-electron chi connectivity index (χ3n) is 3.26. The van der Waals surface area contributed by atoms with Crippen LogP contribution in [-0.4, -0.2) is 25.3 Å². The van der Waals surface area contributed by atoms with Crippen LogP contribution in [0.1, 0.15) is 0 Å². The molecule has 4 nitrogen and oxygen atoms in total. The maximum Gasteiger partial charge on any atom is 0.414 e. The number of nitrogens with zero attached hydrogens (tertiary/aromatic N) is 1. The standard InChI is InChI=1S/C16H13Cl2NO3/c17-11-6-7-14(18)15(8-11)21-10-13-9-19(16(20)22-13)12-4-2-1-3-5-12/h1-8,13H,9-10H2. The van der Waals surface area contributed by atoms with Crippen molar-refractivity contribution in [3.8, 4) is 5.75 Å². The molecule has 1 atom stereocenters. The Labute approximate surface area is 138 Å². The number of carbonyl (C=O) groups excluding carboxylic acids is 1. The molecule has 0 bridgehead atoms. The van der Waals surface area contributed by atoms with Crippen molar-refractivity contribution in [2.24, 2.45) is 0 Å². The molecular weight excluding hydrogens is 325 g/mol. The lowest BCUT2D eigenvalue weighted by Gasteiger charge is -2.13. The molecular formula is C16H13Cl2NO3. The van der Waals surface area contributed by atoms with E-state index in [0.29, 0.717) is 22.3 Å². The first-order valence-electron chi connectivity index (χ1n) is 6.74. The summed E-state index contributed by atoms with van der Waals surface area (Å²) in [6, 6.07) is 14.3. The van der Waals surface area contributed by atoms with Crippen LogP contribution in [0, 0.1) is 0 Å². The van der Waals surface area contributed by atoms with Gasteiger partial charge in [-0.15, -0.1) is 0 Å². The van der Waals surface area contributed by atoms with E-state index in [9.17, 15) is 4.79 Å². The lowest BCUT2D eigenvalue weighted by molar-refractivity contribution is 0.105. The van der Waals surface area contributed by atoms with E-state index in [4.69, 9.17) is 32.7 Å². The van der Waals surface area contributed by atoms with E-state index in [-0.39, 0.29) is 18.8 Å². The molecule has 22 heavy (non-hydrogen) atoms. The van der Waals surface area contributed by atoms with Crippen molar-refractivity contribution < 1.29 is 14.3 Å². The maximum atomic E-state index is 11.9. The molecule has 0 aliphatic carbocycles. The van der Waals surface area contributed by atoms with Crippen molar-refractivity contribution in [1.29, 1.82) is 0 Å². The number of benzene rings is 2. The Balaban J connectivity index is 1.63. The Morgan fingerprint density at radius 2 is 1.95 bits per heavy atom. The predicted octanol–water partition coefficient (Wildman–Crippen LogP) is 4.40. The lowest BCUT2D eigenvalue weighted by Crippen LogP contribution is -2.26. The Bertz CT molecular complexity index is 678. The molecule has 0 N–H and O–H groups in total. The third kappa shape index (κ3) is 3.29. The number of hydrogen-bond acceptors (Lipinski definition) is 3. The average molecular weight is 338 g/mol. The van der Waals surface area contributed by atoms with E-state index in [1.807, 2.05) is 30.3 Å². The molecule has 3 rings (SSSR count). The second-order valence-corrected chi connectivity index (χ2v) is 5.68. The highest BCUT2D eigenvalue weighted by atomic mass is 35.5. The second kappa shape index (κ2) is 6.46. The molecule has 1 amide bonds. The zero-order valence-electron chi connectivity index (χ0n) is 11.5. The normalized spacial score (nSPS) is 17.5. The molecule has 2 aromatic carbocycles. The van der Waals surface area contributed by atoms with Crippen molar-refractivity contribution in [3.05, 3.63) is 58.6 Å². The molecule has 114 valence electrons. The van der Waals surface area contributed by atoms with Gasteiger partial charge >= 0.3 is 6.09 Å². The summed E-state index contributed by atoms with van der Waals surface area (Å²) in [5.41, 5.74) is 0.802. The molecule has 6 heteroatoms. The molecule has 1 aliphatic heterocycles. The van der Waals surface area contributed by atoms with Gasteiger partial charge in [-0.05, 0) is 24.3 Å². The minimum absolute atomic E-state index is 0.217. The zero-order chi connectivity index (χ0) is 15.5. The van der Waals surface area contributed by atoms with Crippen molar-refractivity contribution in [2.45, 2.75) is 6.10 Å². The van der Waals surface area contributed by atoms with Gasteiger partial charge in [0.15, 0.2) is 6.10 Å². The van der Waals surface area contributed by atoms with Gasteiger partial charge in [0.25, 0.3) is 0 Å². The summed E-state index contributed by atoms with van der Waals surface area (Å²) in [4.78, 5) is 13.5. The minimum atomic E-state index is -0.378. The van der Waals surface area contributed by atoms with Crippen molar-refractivity contribution in [3.63, 3.8) is 0 Å². The highest BCUT2D eigenvalue weighted by Crippen LogP contribution is 2.28. The van der Waals surface area contributed by atoms with Crippen molar-refractivity contribution >= 4 is 35.0 Å². The molecule has 0 saturated carbocycles. The predicted molar refractivity (Wildman–Crippen MR) is 86.0 cm³/mol. The molecule has 2 aromatic rings. The summed E-state index contributed by atoms with van der Waals surface area (Å²) in [7, 11) is 0. The molecule has 1 heterocycles. The van der Waals surface area contributed by atoms with Gasteiger partial charge in [0.1, 0.15) is 12.4 Å². The Morgan fingerprint density at radius 3 is 2.73 bits per heavy atom. The molecule has 1 aliphatic rings. The van der Waals surface area contributed by atoms with Gasteiger partial charge in [-0.1, -0.05) is 41.4 Å². The summed E-state index contributed by atoms with van der Waals surface area (Å²) in [5.74, 6) is 0.475. The number of ether oxygens (including phenoxy) is 2. The van der Waals surface area contributed by atoms with Crippen LogP contribution in [0.3, 0.4) is 0 Å². The SMILES string of the molecule is O=C1OC(COc2cc(Cl)ccc2Cl)CN1c1ccccc1. The van der Waals surface area contributed by atoms with E-state index in [1.165, 1.54) is 0 Å². The van der Waals surface area contributed by atoms with Crippen LogP contribution in [0.5, 0.6) is 5.75 Å². The van der Waals surface area contributed by atoms with Gasteiger partial charge < -0.3 is 9.47 Å². The summed E-state index contributed by atoms with van der Waals surface area (Å²) >= 11 is 11.9. The molecule has 1 unspecified atom stereocenters. The minimum Gasteiger partial charge on any atom is -0.488 e. The van der Waals surface area contributed by atoms with Crippen LogP contribution >= 0.6 is 23.2 Å². The van der Waals surface area contributed by atoms with Crippen LogP contribution in [0.2, 0.25) is 10.0 Å². The lowest BCUT2D eigenvalue weighted by atomic mass is 10.3. The van der Waals surface area contributed by atoms with Crippen molar-refractivity contribution in [1.82, 2.24) is 0 Å². The fourth-order valence-corrected chi connectivity index (χ4v) is 2.53.